The summed E-state index contributed by atoms with van der Waals surface area (Å²) >= 11 is 1.66. The van der Waals surface area contributed by atoms with Gasteiger partial charge in [0.25, 0.3) is 5.56 Å². The number of aromatic nitrogens is 5. The van der Waals surface area contributed by atoms with Crippen LogP contribution in [0.5, 0.6) is 0 Å². The lowest BCUT2D eigenvalue weighted by Gasteiger charge is -2.23. The zero-order valence-electron chi connectivity index (χ0n) is 17.9. The number of hydrogen-bond acceptors (Lipinski definition) is 7. The second-order valence-corrected chi connectivity index (χ2v) is 9.50. The molecule has 1 aromatic carbocycles. The standard InChI is InChI=1S/C25H22N6OS/c32-25-22-20-7-6-19(29-12-16-10-26-14-27-11-16)9-21(20)33-24(22)30-15-31(25)13-18-4-1-3-17-5-2-8-28-23(17)18/h1-5,8,10-11,14-15,19,29H,6-7,9,12-13H2. The van der Waals surface area contributed by atoms with Crippen molar-refractivity contribution < 1.29 is 0 Å². The number of benzene rings is 1. The third-order valence-corrected chi connectivity index (χ3v) is 7.46. The van der Waals surface area contributed by atoms with E-state index in [4.69, 9.17) is 0 Å². The largest absolute Gasteiger partial charge is 0.309 e. The van der Waals surface area contributed by atoms with Gasteiger partial charge in [0.05, 0.1) is 23.8 Å². The van der Waals surface area contributed by atoms with E-state index in [2.05, 4.69) is 25.3 Å². The molecule has 1 atom stereocenters. The van der Waals surface area contributed by atoms with Gasteiger partial charge in [0.1, 0.15) is 11.2 Å². The minimum atomic E-state index is 0.0401. The molecule has 0 fully saturated rings. The summed E-state index contributed by atoms with van der Waals surface area (Å²) in [5.74, 6) is 0. The number of nitrogens with one attached hydrogen (secondary N) is 1. The Morgan fingerprint density at radius 1 is 1.12 bits per heavy atom. The number of para-hydroxylation sites is 1. The van der Waals surface area contributed by atoms with E-state index in [1.165, 1.54) is 10.4 Å². The molecule has 0 bridgehead atoms. The Morgan fingerprint density at radius 2 is 2.00 bits per heavy atom. The normalized spacial score (nSPS) is 15.7. The van der Waals surface area contributed by atoms with Crippen molar-refractivity contribution in [3.63, 3.8) is 0 Å². The Bertz CT molecular complexity index is 1510. The Morgan fingerprint density at radius 3 is 2.91 bits per heavy atom. The van der Waals surface area contributed by atoms with Crippen LogP contribution in [0.4, 0.5) is 0 Å². The fourth-order valence-corrected chi connectivity index (χ4v) is 5.91. The van der Waals surface area contributed by atoms with Crippen LogP contribution in [-0.4, -0.2) is 30.5 Å². The van der Waals surface area contributed by atoms with Crippen LogP contribution in [0.3, 0.4) is 0 Å². The van der Waals surface area contributed by atoms with Crippen molar-refractivity contribution >= 4 is 32.5 Å². The van der Waals surface area contributed by atoms with Gasteiger partial charge in [-0.2, -0.15) is 0 Å². The molecule has 5 aromatic rings. The van der Waals surface area contributed by atoms with Crippen molar-refractivity contribution in [1.29, 1.82) is 0 Å². The highest BCUT2D eigenvalue weighted by atomic mass is 32.1. The smallest absolute Gasteiger partial charge is 0.262 e. The summed E-state index contributed by atoms with van der Waals surface area (Å²) < 4.78 is 1.72. The van der Waals surface area contributed by atoms with E-state index in [0.29, 0.717) is 12.6 Å². The van der Waals surface area contributed by atoms with Crippen molar-refractivity contribution in [2.75, 3.05) is 0 Å². The first-order valence-electron chi connectivity index (χ1n) is 11.1. The second kappa shape index (κ2) is 8.46. The van der Waals surface area contributed by atoms with Gasteiger partial charge in [-0.1, -0.05) is 24.3 Å². The lowest BCUT2D eigenvalue weighted by Crippen LogP contribution is -2.34. The van der Waals surface area contributed by atoms with Gasteiger partial charge in [-0.15, -0.1) is 11.3 Å². The molecule has 1 unspecified atom stereocenters. The fraction of sp³-hybridized carbons (Fsp3) is 0.240. The Kier molecular flexibility index (Phi) is 5.16. The van der Waals surface area contributed by atoms with Crippen LogP contribution < -0.4 is 10.9 Å². The molecule has 4 aromatic heterocycles. The number of hydrogen-bond donors (Lipinski definition) is 1. The van der Waals surface area contributed by atoms with E-state index < -0.39 is 0 Å². The fourth-order valence-electron chi connectivity index (χ4n) is 4.65. The summed E-state index contributed by atoms with van der Waals surface area (Å²) in [6, 6.07) is 10.4. The molecule has 7 nitrogen and oxygen atoms in total. The van der Waals surface area contributed by atoms with Gasteiger partial charge in [-0.05, 0) is 36.5 Å². The maximum atomic E-state index is 13.5. The van der Waals surface area contributed by atoms with Crippen LogP contribution in [0, 0.1) is 0 Å². The molecule has 1 aliphatic carbocycles. The van der Waals surface area contributed by atoms with Crippen molar-refractivity contribution in [3.05, 3.63) is 93.5 Å². The molecular formula is C25H22N6OS. The molecular weight excluding hydrogens is 432 g/mol. The first kappa shape index (κ1) is 20.1. The summed E-state index contributed by atoms with van der Waals surface area (Å²) in [6.07, 6.45) is 11.5. The Hall–Kier alpha value is -3.49. The molecule has 33 heavy (non-hydrogen) atoms. The SMILES string of the molecule is O=c1c2c3c(sc2ncn1Cc1cccc2cccnc12)CC(NCc1cncnc1)CC3. The first-order valence-corrected chi connectivity index (χ1v) is 11.9. The highest BCUT2D eigenvalue weighted by molar-refractivity contribution is 7.18. The third kappa shape index (κ3) is 3.81. The third-order valence-electron chi connectivity index (χ3n) is 6.30. The minimum absolute atomic E-state index is 0.0401. The van der Waals surface area contributed by atoms with Gasteiger partial charge >= 0.3 is 0 Å². The van der Waals surface area contributed by atoms with Crippen LogP contribution in [0.25, 0.3) is 21.1 Å². The van der Waals surface area contributed by atoms with Crippen LogP contribution in [0.15, 0.2) is 66.4 Å². The molecule has 1 aliphatic rings. The first-order chi connectivity index (χ1) is 16.3. The maximum absolute atomic E-state index is 13.5. The van der Waals surface area contributed by atoms with Gasteiger partial charge in [0.15, 0.2) is 0 Å². The van der Waals surface area contributed by atoms with Crippen molar-refractivity contribution in [3.8, 4) is 0 Å². The van der Waals surface area contributed by atoms with Gasteiger partial charge in [0, 0.05) is 47.0 Å². The molecule has 4 heterocycles. The summed E-state index contributed by atoms with van der Waals surface area (Å²) in [4.78, 5) is 32.9. The highest BCUT2D eigenvalue weighted by Gasteiger charge is 2.25. The van der Waals surface area contributed by atoms with Crippen molar-refractivity contribution in [1.82, 2.24) is 29.8 Å². The number of fused-ring (bicyclic) bond motifs is 4. The van der Waals surface area contributed by atoms with E-state index in [-0.39, 0.29) is 5.56 Å². The molecule has 0 saturated heterocycles. The maximum Gasteiger partial charge on any atom is 0.262 e. The van der Waals surface area contributed by atoms with E-state index in [9.17, 15) is 4.79 Å². The molecule has 0 amide bonds. The zero-order chi connectivity index (χ0) is 22.2. The summed E-state index contributed by atoms with van der Waals surface area (Å²) in [7, 11) is 0. The van der Waals surface area contributed by atoms with Crippen LogP contribution in [-0.2, 0) is 25.9 Å². The van der Waals surface area contributed by atoms with Crippen LogP contribution in [0.2, 0.25) is 0 Å². The summed E-state index contributed by atoms with van der Waals surface area (Å²) in [5, 5.41) is 5.48. The molecule has 1 N–H and O–H groups in total. The predicted molar refractivity (Wildman–Crippen MR) is 129 cm³/mol. The number of rotatable bonds is 5. The van der Waals surface area contributed by atoms with Crippen molar-refractivity contribution in [2.24, 2.45) is 0 Å². The lowest BCUT2D eigenvalue weighted by atomic mass is 9.93. The topological polar surface area (TPSA) is 85.6 Å². The number of pyridine rings is 1. The van der Waals surface area contributed by atoms with Crippen LogP contribution in [0.1, 0.15) is 28.0 Å². The summed E-state index contributed by atoms with van der Waals surface area (Å²) in [6.45, 7) is 1.21. The van der Waals surface area contributed by atoms with Gasteiger partial charge < -0.3 is 5.32 Å². The van der Waals surface area contributed by atoms with E-state index >= 15 is 0 Å². The van der Waals surface area contributed by atoms with Crippen LogP contribution >= 0.6 is 11.3 Å². The number of thiophene rings is 1. The number of nitrogens with zero attached hydrogens (tertiary/aromatic N) is 5. The van der Waals surface area contributed by atoms with Gasteiger partial charge in [-0.25, -0.2) is 15.0 Å². The molecule has 164 valence electrons. The van der Waals surface area contributed by atoms with Gasteiger partial charge in [-0.3, -0.25) is 14.3 Å². The summed E-state index contributed by atoms with van der Waals surface area (Å²) in [5.41, 5.74) is 4.25. The quantitative estimate of drug-likeness (QED) is 0.438. The monoisotopic (exact) mass is 454 g/mol. The lowest BCUT2D eigenvalue weighted by molar-refractivity contribution is 0.462. The number of aryl methyl sites for hydroxylation is 1. The Balaban J connectivity index is 1.28. The average Bonchev–Trinajstić information content (AvgIpc) is 3.24. The van der Waals surface area contributed by atoms with E-state index in [1.807, 2.05) is 42.7 Å². The average molecular weight is 455 g/mol. The molecule has 8 heteroatoms. The van der Waals surface area contributed by atoms with E-state index in [1.54, 1.807) is 34.8 Å². The Labute approximate surface area is 194 Å². The van der Waals surface area contributed by atoms with E-state index in [0.717, 1.165) is 58.1 Å². The molecule has 0 radical (unpaired) electrons. The second-order valence-electron chi connectivity index (χ2n) is 8.42. The van der Waals surface area contributed by atoms with Crippen molar-refractivity contribution in [2.45, 2.75) is 38.4 Å². The molecule has 0 saturated carbocycles. The molecule has 0 aliphatic heterocycles. The minimum Gasteiger partial charge on any atom is -0.309 e. The predicted octanol–water partition coefficient (Wildman–Crippen LogP) is 3.49. The zero-order valence-corrected chi connectivity index (χ0v) is 18.8. The highest BCUT2D eigenvalue weighted by Crippen LogP contribution is 2.33. The van der Waals surface area contributed by atoms with Gasteiger partial charge in [0.2, 0.25) is 0 Å². The molecule has 6 rings (SSSR count). The molecule has 0 spiro atoms.